The Morgan fingerprint density at radius 3 is 2.67 bits per heavy atom. The highest BCUT2D eigenvalue weighted by Crippen LogP contribution is 2.45. The lowest BCUT2D eigenvalue weighted by Crippen LogP contribution is -2.31. The predicted octanol–water partition coefficient (Wildman–Crippen LogP) is 2.75. The quantitative estimate of drug-likeness (QED) is 0.525. The molecule has 2 fully saturated rings. The molecular weight excluding hydrogens is 288 g/mol. The number of rotatable bonds is 9. The van der Waals surface area contributed by atoms with Crippen LogP contribution in [0.2, 0.25) is 0 Å². The molecule has 0 aliphatic carbocycles. The van der Waals surface area contributed by atoms with Crippen molar-refractivity contribution in [3.05, 3.63) is 12.2 Å². The minimum absolute atomic E-state index is 0.236. The molecule has 1 N–H and O–H groups in total. The molecule has 5 heteroatoms. The SMILES string of the molecule is CCS(=O)C[C@H]1[C@@H](C/C=C\CCCC(=O)O)[C@H]2CC[C@@H]1O2. The first kappa shape index (κ1) is 16.7. The van der Waals surface area contributed by atoms with Crippen molar-refractivity contribution in [1.82, 2.24) is 0 Å². The number of unbranched alkanes of at least 4 members (excludes halogenated alkanes) is 1. The van der Waals surface area contributed by atoms with Crippen molar-refractivity contribution in [2.75, 3.05) is 11.5 Å². The molecule has 2 saturated heterocycles. The van der Waals surface area contributed by atoms with E-state index in [2.05, 4.69) is 12.2 Å². The van der Waals surface area contributed by atoms with Gasteiger partial charge in [0, 0.05) is 34.6 Å². The van der Waals surface area contributed by atoms with E-state index in [4.69, 9.17) is 9.84 Å². The summed E-state index contributed by atoms with van der Waals surface area (Å²) in [4.78, 5) is 10.4. The zero-order chi connectivity index (χ0) is 15.2. The fourth-order valence-electron chi connectivity index (χ4n) is 3.50. The summed E-state index contributed by atoms with van der Waals surface area (Å²) in [6.07, 6.45) is 9.89. The summed E-state index contributed by atoms with van der Waals surface area (Å²) in [5.74, 6) is 1.70. The van der Waals surface area contributed by atoms with Crippen molar-refractivity contribution in [2.45, 2.75) is 57.7 Å². The standard InChI is InChI=1S/C16H26O4S/c1-2-21(19)11-13-12(14-9-10-15(13)20-14)7-5-3-4-6-8-16(17)18/h3,5,12-15H,2,4,6-11H2,1H3,(H,17,18)/b5-3-/t12-,13+,14-,15+,21?/m1/s1. The summed E-state index contributed by atoms with van der Waals surface area (Å²) in [6.45, 7) is 1.97. The minimum Gasteiger partial charge on any atom is -0.481 e. The van der Waals surface area contributed by atoms with Crippen LogP contribution in [0, 0.1) is 11.8 Å². The fourth-order valence-corrected chi connectivity index (χ4v) is 4.63. The van der Waals surface area contributed by atoms with Gasteiger partial charge in [0.1, 0.15) is 0 Å². The van der Waals surface area contributed by atoms with Gasteiger partial charge in [-0.05, 0) is 38.0 Å². The molecule has 2 aliphatic heterocycles. The van der Waals surface area contributed by atoms with E-state index >= 15 is 0 Å². The highest BCUT2D eigenvalue weighted by molar-refractivity contribution is 7.84. The zero-order valence-electron chi connectivity index (χ0n) is 12.7. The Bertz CT molecular complexity index is 407. The van der Waals surface area contributed by atoms with Gasteiger partial charge >= 0.3 is 5.97 Å². The lowest BCUT2D eigenvalue weighted by atomic mass is 9.78. The van der Waals surface area contributed by atoms with Crippen LogP contribution < -0.4 is 0 Å². The average Bonchev–Trinajstić information content (AvgIpc) is 3.04. The molecule has 5 atom stereocenters. The lowest BCUT2D eigenvalue weighted by Gasteiger charge is -2.26. The summed E-state index contributed by atoms with van der Waals surface area (Å²) in [5.41, 5.74) is 0. The number of ether oxygens (including phenoxy) is 1. The molecule has 0 aromatic rings. The van der Waals surface area contributed by atoms with E-state index in [9.17, 15) is 9.00 Å². The van der Waals surface area contributed by atoms with Gasteiger partial charge in [0.05, 0.1) is 12.2 Å². The first-order chi connectivity index (χ1) is 10.1. The van der Waals surface area contributed by atoms with Gasteiger partial charge in [-0.15, -0.1) is 0 Å². The smallest absolute Gasteiger partial charge is 0.303 e. The van der Waals surface area contributed by atoms with Crippen molar-refractivity contribution in [3.63, 3.8) is 0 Å². The van der Waals surface area contributed by atoms with Crippen LogP contribution in [0.4, 0.5) is 0 Å². The average molecular weight is 314 g/mol. The van der Waals surface area contributed by atoms with Crippen LogP contribution in [-0.4, -0.2) is 39.0 Å². The number of allylic oxidation sites excluding steroid dienone is 2. The number of fused-ring (bicyclic) bond motifs is 2. The van der Waals surface area contributed by atoms with Crippen LogP contribution >= 0.6 is 0 Å². The van der Waals surface area contributed by atoms with Crippen molar-refractivity contribution in [3.8, 4) is 0 Å². The maximum Gasteiger partial charge on any atom is 0.303 e. The second kappa shape index (κ2) is 8.08. The first-order valence-electron chi connectivity index (χ1n) is 7.99. The Kier molecular flexibility index (Phi) is 6.42. The number of carboxylic acids is 1. The Morgan fingerprint density at radius 1 is 1.29 bits per heavy atom. The first-order valence-corrected chi connectivity index (χ1v) is 9.47. The Balaban J connectivity index is 1.78. The Labute approximate surface area is 129 Å². The summed E-state index contributed by atoms with van der Waals surface area (Å²) < 4.78 is 17.9. The van der Waals surface area contributed by atoms with Gasteiger partial charge in [0.15, 0.2) is 0 Å². The molecule has 21 heavy (non-hydrogen) atoms. The second-order valence-corrected chi connectivity index (χ2v) is 7.80. The lowest BCUT2D eigenvalue weighted by molar-refractivity contribution is -0.137. The Hall–Kier alpha value is -0.680. The van der Waals surface area contributed by atoms with Crippen molar-refractivity contribution >= 4 is 16.8 Å². The second-order valence-electron chi connectivity index (χ2n) is 6.01. The molecule has 2 heterocycles. The van der Waals surface area contributed by atoms with Gasteiger partial charge in [-0.25, -0.2) is 0 Å². The van der Waals surface area contributed by atoms with Crippen LogP contribution in [0.1, 0.15) is 45.4 Å². The topological polar surface area (TPSA) is 63.6 Å². The maximum atomic E-state index is 11.9. The van der Waals surface area contributed by atoms with Crippen LogP contribution in [0.25, 0.3) is 0 Å². The van der Waals surface area contributed by atoms with Gasteiger partial charge < -0.3 is 9.84 Å². The van der Waals surface area contributed by atoms with Gasteiger partial charge in [0.25, 0.3) is 0 Å². The molecule has 120 valence electrons. The number of aliphatic carboxylic acids is 1. The van der Waals surface area contributed by atoms with E-state index in [0.717, 1.165) is 37.2 Å². The molecule has 2 aliphatic rings. The van der Waals surface area contributed by atoms with Gasteiger partial charge in [-0.1, -0.05) is 19.1 Å². The largest absolute Gasteiger partial charge is 0.481 e. The zero-order valence-corrected chi connectivity index (χ0v) is 13.5. The van der Waals surface area contributed by atoms with Gasteiger partial charge in [0.2, 0.25) is 0 Å². The van der Waals surface area contributed by atoms with Gasteiger partial charge in [-0.3, -0.25) is 9.00 Å². The third-order valence-electron chi connectivity index (χ3n) is 4.63. The fraction of sp³-hybridized carbons (Fsp3) is 0.812. The van der Waals surface area contributed by atoms with E-state index in [1.165, 1.54) is 0 Å². The van der Waals surface area contributed by atoms with E-state index in [0.29, 0.717) is 30.5 Å². The van der Waals surface area contributed by atoms with Crippen LogP contribution in [-0.2, 0) is 20.3 Å². The van der Waals surface area contributed by atoms with Crippen molar-refractivity contribution in [1.29, 1.82) is 0 Å². The Morgan fingerprint density at radius 2 is 2.00 bits per heavy atom. The van der Waals surface area contributed by atoms with E-state index in [-0.39, 0.29) is 6.42 Å². The third-order valence-corrected chi connectivity index (χ3v) is 6.03. The van der Waals surface area contributed by atoms with Gasteiger partial charge in [-0.2, -0.15) is 0 Å². The highest BCUT2D eigenvalue weighted by Gasteiger charge is 2.48. The molecule has 0 saturated carbocycles. The number of hydrogen-bond donors (Lipinski definition) is 1. The predicted molar refractivity (Wildman–Crippen MR) is 83.7 cm³/mol. The molecule has 4 nitrogen and oxygen atoms in total. The van der Waals surface area contributed by atoms with E-state index < -0.39 is 16.8 Å². The van der Waals surface area contributed by atoms with Crippen LogP contribution in [0.15, 0.2) is 12.2 Å². The number of carbonyl (C=O) groups is 1. The minimum atomic E-state index is -0.730. The highest BCUT2D eigenvalue weighted by atomic mass is 32.2. The maximum absolute atomic E-state index is 11.9. The van der Waals surface area contributed by atoms with Crippen LogP contribution in [0.3, 0.4) is 0 Å². The normalized spacial score (nSPS) is 32.8. The molecule has 2 bridgehead atoms. The summed E-state index contributed by atoms with van der Waals surface area (Å²) in [6, 6.07) is 0. The van der Waals surface area contributed by atoms with Crippen molar-refractivity contribution in [2.24, 2.45) is 11.8 Å². The van der Waals surface area contributed by atoms with E-state index in [1.54, 1.807) is 0 Å². The molecule has 0 aromatic heterocycles. The number of hydrogen-bond acceptors (Lipinski definition) is 3. The summed E-state index contributed by atoms with van der Waals surface area (Å²) in [5, 5.41) is 8.59. The number of carboxylic acid groups (broad SMARTS) is 1. The molecule has 1 unspecified atom stereocenters. The monoisotopic (exact) mass is 314 g/mol. The summed E-state index contributed by atoms with van der Waals surface area (Å²) in [7, 11) is -0.724. The summed E-state index contributed by atoms with van der Waals surface area (Å²) >= 11 is 0. The van der Waals surface area contributed by atoms with E-state index in [1.807, 2.05) is 6.92 Å². The molecular formula is C16H26O4S. The van der Waals surface area contributed by atoms with Crippen LogP contribution in [0.5, 0.6) is 0 Å². The molecule has 0 radical (unpaired) electrons. The molecule has 0 spiro atoms. The molecule has 2 rings (SSSR count). The molecule has 0 amide bonds. The van der Waals surface area contributed by atoms with Crippen molar-refractivity contribution < 1.29 is 18.8 Å². The third kappa shape index (κ3) is 4.65. The molecule has 0 aromatic carbocycles.